The normalized spacial score (nSPS) is 11.6. The van der Waals surface area contributed by atoms with Crippen LogP contribution in [-0.4, -0.2) is 33.5 Å². The third-order valence-corrected chi connectivity index (χ3v) is 6.37. The molecule has 4 aromatic rings. The Morgan fingerprint density at radius 1 is 0.949 bits per heavy atom. The summed E-state index contributed by atoms with van der Waals surface area (Å²) in [6, 6.07) is 21.4. The molecule has 0 amide bonds. The van der Waals surface area contributed by atoms with Crippen LogP contribution in [0.5, 0.6) is 0 Å². The summed E-state index contributed by atoms with van der Waals surface area (Å²) in [5, 5.41) is 7.74. The van der Waals surface area contributed by atoms with Gasteiger partial charge in [0.2, 0.25) is 5.82 Å². The van der Waals surface area contributed by atoms with E-state index in [1.165, 1.54) is 0 Å². The van der Waals surface area contributed by atoms with E-state index < -0.39 is 0 Å². The number of unbranched alkanes of at least 4 members (excludes halogenated alkanes) is 1. The number of hydrogen-bond acceptors (Lipinski definition) is 8. The molecule has 0 aliphatic rings. The van der Waals surface area contributed by atoms with Gasteiger partial charge in [-0.25, -0.2) is 0 Å². The quantitative estimate of drug-likeness (QED) is 0.137. The van der Waals surface area contributed by atoms with Crippen LogP contribution in [-0.2, 0) is 9.53 Å². The molecule has 1 N–H and O–H groups in total. The molecule has 0 saturated carbocycles. The van der Waals surface area contributed by atoms with E-state index in [9.17, 15) is 9.59 Å². The van der Waals surface area contributed by atoms with Crippen LogP contribution in [0.25, 0.3) is 23.0 Å². The van der Waals surface area contributed by atoms with Crippen LogP contribution in [0.1, 0.15) is 74.3 Å². The van der Waals surface area contributed by atoms with Gasteiger partial charge in [0, 0.05) is 35.9 Å². The molecule has 4 rings (SSSR count). The number of benzene rings is 2. The monoisotopic (exact) mass is 526 g/mol. The van der Waals surface area contributed by atoms with Crippen LogP contribution in [0.2, 0.25) is 0 Å². The molecule has 8 nitrogen and oxygen atoms in total. The first kappa shape index (κ1) is 27.7. The third-order valence-electron chi connectivity index (χ3n) is 6.37. The molecule has 202 valence electrons. The minimum Gasteiger partial charge on any atom is -0.466 e. The van der Waals surface area contributed by atoms with Crippen molar-refractivity contribution in [2.24, 2.45) is 0 Å². The van der Waals surface area contributed by atoms with Crippen LogP contribution < -0.4 is 5.32 Å². The zero-order valence-corrected chi connectivity index (χ0v) is 22.4. The number of carbonyl (C=O) groups excluding carboxylic acids is 2. The zero-order valence-electron chi connectivity index (χ0n) is 22.4. The lowest BCUT2D eigenvalue weighted by molar-refractivity contribution is -0.143. The summed E-state index contributed by atoms with van der Waals surface area (Å²) >= 11 is 0. The predicted octanol–water partition coefficient (Wildman–Crippen LogP) is 7.06. The Bertz CT molecular complexity index is 1340. The number of rotatable bonds is 14. The fourth-order valence-corrected chi connectivity index (χ4v) is 4.25. The standard InChI is InChI=1S/C31H34N4O4/c1-3-5-9-26(33-25-19-17-23(18-20-25)28(36)11-8-12-29(37)38-4-2)22-13-15-24(16-14-22)30-34-31(39-35-30)27-10-6-7-21-32-27/h6-7,10,13-21,26,33H,3-5,8-9,11-12H2,1-2H3/t26-/m1/s1. The molecule has 39 heavy (non-hydrogen) atoms. The fraction of sp³-hybridized carbons (Fsp3) is 0.323. The van der Waals surface area contributed by atoms with Crippen molar-refractivity contribution in [3.05, 3.63) is 84.1 Å². The molecule has 8 heteroatoms. The topological polar surface area (TPSA) is 107 Å². The Kier molecular flexibility index (Phi) is 9.94. The molecule has 0 aliphatic carbocycles. The largest absolute Gasteiger partial charge is 0.466 e. The van der Waals surface area contributed by atoms with Gasteiger partial charge in [0.15, 0.2) is 5.78 Å². The van der Waals surface area contributed by atoms with Gasteiger partial charge in [-0.2, -0.15) is 4.98 Å². The molecule has 0 aliphatic heterocycles. The van der Waals surface area contributed by atoms with E-state index in [1.54, 1.807) is 13.1 Å². The highest BCUT2D eigenvalue weighted by Gasteiger charge is 2.15. The van der Waals surface area contributed by atoms with Crippen LogP contribution >= 0.6 is 0 Å². The van der Waals surface area contributed by atoms with Crippen molar-refractivity contribution in [2.75, 3.05) is 11.9 Å². The lowest BCUT2D eigenvalue weighted by Crippen LogP contribution is -2.11. The Labute approximate surface area is 228 Å². The van der Waals surface area contributed by atoms with E-state index >= 15 is 0 Å². The van der Waals surface area contributed by atoms with Gasteiger partial charge >= 0.3 is 5.97 Å². The number of ketones is 1. The van der Waals surface area contributed by atoms with Crippen molar-refractivity contribution in [1.82, 2.24) is 15.1 Å². The van der Waals surface area contributed by atoms with Crippen molar-refractivity contribution in [2.45, 2.75) is 58.4 Å². The summed E-state index contributed by atoms with van der Waals surface area (Å²) in [5.74, 6) is 0.667. The minimum atomic E-state index is -0.262. The number of esters is 1. The lowest BCUT2D eigenvalue weighted by atomic mass is 9.99. The average molecular weight is 527 g/mol. The smallest absolute Gasteiger partial charge is 0.305 e. The number of nitrogens with zero attached hydrogens (tertiary/aromatic N) is 3. The van der Waals surface area contributed by atoms with Gasteiger partial charge in [0.05, 0.1) is 12.6 Å². The van der Waals surface area contributed by atoms with Crippen LogP contribution in [0.15, 0.2) is 77.4 Å². The SMILES string of the molecule is CCCC[C@@H](Nc1ccc(C(=O)CCCC(=O)OCC)cc1)c1ccc(-c2noc(-c3ccccn3)n2)cc1. The van der Waals surface area contributed by atoms with E-state index in [0.717, 1.165) is 36.1 Å². The lowest BCUT2D eigenvalue weighted by Gasteiger charge is -2.21. The first-order valence-electron chi connectivity index (χ1n) is 13.5. The summed E-state index contributed by atoms with van der Waals surface area (Å²) < 4.78 is 10.3. The second-order valence-electron chi connectivity index (χ2n) is 9.26. The molecule has 0 fully saturated rings. The summed E-state index contributed by atoms with van der Waals surface area (Å²) in [6.07, 6.45) is 5.90. The van der Waals surface area contributed by atoms with Crippen LogP contribution in [0.3, 0.4) is 0 Å². The number of hydrogen-bond donors (Lipinski definition) is 1. The van der Waals surface area contributed by atoms with Gasteiger partial charge in [-0.3, -0.25) is 14.6 Å². The highest BCUT2D eigenvalue weighted by Crippen LogP contribution is 2.28. The number of ether oxygens (including phenoxy) is 1. The Balaban J connectivity index is 1.39. The summed E-state index contributed by atoms with van der Waals surface area (Å²) in [7, 11) is 0. The highest BCUT2D eigenvalue weighted by atomic mass is 16.5. The minimum absolute atomic E-state index is 0.0247. The average Bonchev–Trinajstić information content (AvgIpc) is 3.47. The van der Waals surface area contributed by atoms with Gasteiger partial charge in [0.1, 0.15) is 5.69 Å². The van der Waals surface area contributed by atoms with Crippen LogP contribution in [0, 0.1) is 0 Å². The van der Waals surface area contributed by atoms with Crippen molar-refractivity contribution >= 4 is 17.4 Å². The van der Waals surface area contributed by atoms with E-state index in [2.05, 4.69) is 39.5 Å². The number of Topliss-reactive ketones (excluding diaryl/α,β-unsaturated/α-hetero) is 1. The van der Waals surface area contributed by atoms with Gasteiger partial charge < -0.3 is 14.6 Å². The van der Waals surface area contributed by atoms with E-state index in [0.29, 0.717) is 42.4 Å². The third kappa shape index (κ3) is 7.83. The maximum absolute atomic E-state index is 12.5. The molecule has 0 radical (unpaired) electrons. The molecule has 0 unspecified atom stereocenters. The predicted molar refractivity (Wildman–Crippen MR) is 150 cm³/mol. The number of anilines is 1. The molecule has 2 heterocycles. The molecule has 0 spiro atoms. The summed E-state index contributed by atoms with van der Waals surface area (Å²) in [6.45, 7) is 4.31. The molecule has 2 aromatic heterocycles. The van der Waals surface area contributed by atoms with Crippen LogP contribution in [0.4, 0.5) is 5.69 Å². The number of carbonyl (C=O) groups is 2. The maximum atomic E-state index is 12.5. The Morgan fingerprint density at radius 2 is 1.74 bits per heavy atom. The zero-order chi connectivity index (χ0) is 27.5. The molecule has 0 bridgehead atoms. The van der Waals surface area contributed by atoms with Crippen molar-refractivity contribution in [3.63, 3.8) is 0 Å². The second kappa shape index (κ2) is 14.0. The van der Waals surface area contributed by atoms with Gasteiger partial charge in [-0.05, 0) is 61.7 Å². The van der Waals surface area contributed by atoms with Gasteiger partial charge in [-0.1, -0.05) is 55.3 Å². The highest BCUT2D eigenvalue weighted by molar-refractivity contribution is 5.96. The first-order chi connectivity index (χ1) is 19.1. The van der Waals surface area contributed by atoms with Crippen molar-refractivity contribution in [3.8, 4) is 23.0 Å². The number of aromatic nitrogens is 3. The maximum Gasteiger partial charge on any atom is 0.305 e. The first-order valence-corrected chi connectivity index (χ1v) is 13.5. The second-order valence-corrected chi connectivity index (χ2v) is 9.26. The van der Waals surface area contributed by atoms with Gasteiger partial charge in [-0.15, -0.1) is 0 Å². The fourth-order valence-electron chi connectivity index (χ4n) is 4.25. The Hall–Kier alpha value is -4.33. The molecular formula is C31H34N4O4. The van der Waals surface area contributed by atoms with Crippen molar-refractivity contribution in [1.29, 1.82) is 0 Å². The number of pyridine rings is 1. The van der Waals surface area contributed by atoms with E-state index in [-0.39, 0.29) is 24.2 Å². The summed E-state index contributed by atoms with van der Waals surface area (Å²) in [5.41, 5.74) is 4.25. The van der Waals surface area contributed by atoms with E-state index in [4.69, 9.17) is 9.26 Å². The Morgan fingerprint density at radius 3 is 2.44 bits per heavy atom. The molecular weight excluding hydrogens is 492 g/mol. The molecule has 2 aromatic carbocycles. The molecule has 0 saturated heterocycles. The van der Waals surface area contributed by atoms with Crippen molar-refractivity contribution < 1.29 is 18.8 Å². The van der Waals surface area contributed by atoms with Gasteiger partial charge in [0.25, 0.3) is 5.89 Å². The van der Waals surface area contributed by atoms with E-state index in [1.807, 2.05) is 54.6 Å². The number of nitrogens with one attached hydrogen (secondary N) is 1. The summed E-state index contributed by atoms with van der Waals surface area (Å²) in [4.78, 5) is 32.8. The molecule has 1 atom stereocenters.